The number of aromatic amines is 1. The molecule has 0 aliphatic carbocycles. The first-order valence-corrected chi connectivity index (χ1v) is 5.63. The van der Waals surface area contributed by atoms with E-state index in [1.165, 1.54) is 0 Å². The molecule has 5 nitrogen and oxygen atoms in total. The van der Waals surface area contributed by atoms with Crippen molar-refractivity contribution in [2.24, 2.45) is 7.05 Å². The number of nitrogens with two attached hydrogens (primary N) is 1. The Morgan fingerprint density at radius 3 is 2.61 bits per heavy atom. The lowest BCUT2D eigenvalue weighted by Crippen LogP contribution is -1.93. The van der Waals surface area contributed by atoms with E-state index in [1.807, 2.05) is 48.1 Å². The van der Waals surface area contributed by atoms with Crippen molar-refractivity contribution in [2.75, 3.05) is 5.73 Å². The molecule has 0 amide bonds. The zero-order valence-corrected chi connectivity index (χ0v) is 9.96. The van der Waals surface area contributed by atoms with E-state index in [0.29, 0.717) is 5.82 Å². The maximum Gasteiger partial charge on any atom is 0.145 e. The zero-order chi connectivity index (χ0) is 12.5. The van der Waals surface area contributed by atoms with Crippen LogP contribution in [0, 0.1) is 0 Å². The number of anilines is 1. The summed E-state index contributed by atoms with van der Waals surface area (Å²) in [6.07, 6.45) is 3.71. The Labute approximate surface area is 104 Å². The molecule has 1 aromatic carbocycles. The molecule has 0 saturated carbocycles. The van der Waals surface area contributed by atoms with E-state index in [4.69, 9.17) is 5.73 Å². The molecule has 0 atom stereocenters. The minimum Gasteiger partial charge on any atom is -0.382 e. The number of aryl methyl sites for hydroxylation is 1. The van der Waals surface area contributed by atoms with Crippen molar-refractivity contribution in [3.8, 4) is 22.6 Å². The van der Waals surface area contributed by atoms with Gasteiger partial charge in [0.05, 0.1) is 5.69 Å². The van der Waals surface area contributed by atoms with Crippen molar-refractivity contribution in [3.05, 3.63) is 42.7 Å². The van der Waals surface area contributed by atoms with Gasteiger partial charge < -0.3 is 10.3 Å². The molecule has 2 heterocycles. The summed E-state index contributed by atoms with van der Waals surface area (Å²) in [5.41, 5.74) is 8.63. The largest absolute Gasteiger partial charge is 0.382 e. The van der Waals surface area contributed by atoms with Gasteiger partial charge in [0.1, 0.15) is 11.6 Å². The molecule has 90 valence electrons. The molecular weight excluding hydrogens is 226 g/mol. The maximum absolute atomic E-state index is 5.65. The number of H-pyrrole nitrogens is 1. The van der Waals surface area contributed by atoms with E-state index in [-0.39, 0.29) is 0 Å². The van der Waals surface area contributed by atoms with E-state index in [1.54, 1.807) is 6.20 Å². The fourth-order valence-corrected chi connectivity index (χ4v) is 2.01. The minimum absolute atomic E-state index is 0.486. The third-order valence-electron chi connectivity index (χ3n) is 2.88. The monoisotopic (exact) mass is 239 g/mol. The lowest BCUT2D eigenvalue weighted by atomic mass is 10.0. The van der Waals surface area contributed by atoms with Gasteiger partial charge in [0.15, 0.2) is 0 Å². The molecule has 18 heavy (non-hydrogen) atoms. The Hall–Kier alpha value is -2.56. The van der Waals surface area contributed by atoms with Crippen LogP contribution in [0.1, 0.15) is 0 Å². The Balaban J connectivity index is 2.20. The fourth-order valence-electron chi connectivity index (χ4n) is 2.01. The molecule has 0 bridgehead atoms. The number of imidazole rings is 1. The van der Waals surface area contributed by atoms with Crippen LogP contribution in [-0.2, 0) is 7.05 Å². The molecule has 0 aliphatic rings. The molecule has 0 radical (unpaired) electrons. The lowest BCUT2D eigenvalue weighted by Gasteiger charge is -2.07. The van der Waals surface area contributed by atoms with E-state index in [0.717, 1.165) is 22.6 Å². The lowest BCUT2D eigenvalue weighted by molar-refractivity contribution is 0.925. The molecule has 3 rings (SSSR count). The molecule has 0 saturated heterocycles. The molecule has 3 aromatic rings. The molecule has 0 fully saturated rings. The normalized spacial score (nSPS) is 10.7. The van der Waals surface area contributed by atoms with Crippen molar-refractivity contribution in [1.29, 1.82) is 0 Å². The third kappa shape index (κ3) is 1.66. The highest BCUT2D eigenvalue weighted by Gasteiger charge is 2.11. The summed E-state index contributed by atoms with van der Waals surface area (Å²) in [6.45, 7) is 0. The SMILES string of the molecule is Cn1ccnc1-c1ccccc1-c1cc(N)n[nH]1. The first-order valence-electron chi connectivity index (χ1n) is 5.63. The van der Waals surface area contributed by atoms with Crippen LogP contribution in [-0.4, -0.2) is 19.7 Å². The highest BCUT2D eigenvalue weighted by molar-refractivity contribution is 5.79. The van der Waals surface area contributed by atoms with Crippen molar-refractivity contribution in [2.45, 2.75) is 0 Å². The van der Waals surface area contributed by atoms with Gasteiger partial charge in [-0.25, -0.2) is 4.98 Å². The average Bonchev–Trinajstić information content (AvgIpc) is 2.98. The van der Waals surface area contributed by atoms with Gasteiger partial charge in [-0.2, -0.15) is 5.10 Å². The zero-order valence-electron chi connectivity index (χ0n) is 9.96. The molecular formula is C13H13N5. The maximum atomic E-state index is 5.65. The molecule has 0 spiro atoms. The Morgan fingerprint density at radius 1 is 1.22 bits per heavy atom. The molecule has 5 heteroatoms. The predicted octanol–water partition coefficient (Wildman–Crippen LogP) is 2.06. The first-order chi connectivity index (χ1) is 8.75. The van der Waals surface area contributed by atoms with Gasteiger partial charge in [-0.05, 0) is 0 Å². The summed E-state index contributed by atoms with van der Waals surface area (Å²) in [4.78, 5) is 4.38. The summed E-state index contributed by atoms with van der Waals surface area (Å²) in [7, 11) is 1.97. The van der Waals surface area contributed by atoms with Crippen LogP contribution in [0.15, 0.2) is 42.7 Å². The van der Waals surface area contributed by atoms with Gasteiger partial charge in [0.25, 0.3) is 0 Å². The number of nitrogens with one attached hydrogen (secondary N) is 1. The number of rotatable bonds is 2. The van der Waals surface area contributed by atoms with Crippen LogP contribution in [0.2, 0.25) is 0 Å². The highest BCUT2D eigenvalue weighted by Crippen LogP contribution is 2.30. The average molecular weight is 239 g/mol. The van der Waals surface area contributed by atoms with Crippen molar-refractivity contribution in [1.82, 2.24) is 19.7 Å². The van der Waals surface area contributed by atoms with Crippen LogP contribution < -0.4 is 5.73 Å². The summed E-state index contributed by atoms with van der Waals surface area (Å²) in [5, 5.41) is 6.89. The van der Waals surface area contributed by atoms with Crippen LogP contribution in [0.25, 0.3) is 22.6 Å². The molecule has 0 aliphatic heterocycles. The second-order valence-corrected chi connectivity index (χ2v) is 4.11. The topological polar surface area (TPSA) is 72.5 Å². The van der Waals surface area contributed by atoms with Crippen LogP contribution in [0.3, 0.4) is 0 Å². The fraction of sp³-hybridized carbons (Fsp3) is 0.0769. The Kier molecular flexibility index (Phi) is 2.37. The molecule has 0 unspecified atom stereocenters. The van der Waals surface area contributed by atoms with Crippen LogP contribution >= 0.6 is 0 Å². The van der Waals surface area contributed by atoms with Gasteiger partial charge >= 0.3 is 0 Å². The van der Waals surface area contributed by atoms with E-state index in [9.17, 15) is 0 Å². The Morgan fingerprint density at radius 2 is 2.00 bits per heavy atom. The summed E-state index contributed by atoms with van der Waals surface area (Å²) >= 11 is 0. The summed E-state index contributed by atoms with van der Waals surface area (Å²) in [5.74, 6) is 1.40. The van der Waals surface area contributed by atoms with Gasteiger partial charge in [0, 0.05) is 36.6 Å². The van der Waals surface area contributed by atoms with Crippen molar-refractivity contribution < 1.29 is 0 Å². The van der Waals surface area contributed by atoms with E-state index >= 15 is 0 Å². The third-order valence-corrected chi connectivity index (χ3v) is 2.88. The number of hydrogen-bond donors (Lipinski definition) is 2. The minimum atomic E-state index is 0.486. The summed E-state index contributed by atoms with van der Waals surface area (Å²) < 4.78 is 1.98. The quantitative estimate of drug-likeness (QED) is 0.719. The number of aromatic nitrogens is 4. The van der Waals surface area contributed by atoms with E-state index < -0.39 is 0 Å². The first kappa shape index (κ1) is 10.6. The number of nitrogens with zero attached hydrogens (tertiary/aromatic N) is 3. The Bertz CT molecular complexity index is 680. The molecule has 3 N–H and O–H groups in total. The second-order valence-electron chi connectivity index (χ2n) is 4.11. The van der Waals surface area contributed by atoms with Crippen LogP contribution in [0.4, 0.5) is 5.82 Å². The second kappa shape index (κ2) is 4.03. The van der Waals surface area contributed by atoms with E-state index in [2.05, 4.69) is 15.2 Å². The van der Waals surface area contributed by atoms with Crippen molar-refractivity contribution in [3.63, 3.8) is 0 Å². The smallest absolute Gasteiger partial charge is 0.145 e. The highest BCUT2D eigenvalue weighted by atomic mass is 15.2. The molecule has 2 aromatic heterocycles. The number of nitrogen functional groups attached to an aromatic ring is 1. The van der Waals surface area contributed by atoms with Gasteiger partial charge in [-0.15, -0.1) is 0 Å². The van der Waals surface area contributed by atoms with Gasteiger partial charge in [-0.3, -0.25) is 5.10 Å². The van der Waals surface area contributed by atoms with Crippen molar-refractivity contribution >= 4 is 5.82 Å². The number of benzene rings is 1. The van der Waals surface area contributed by atoms with Crippen LogP contribution in [0.5, 0.6) is 0 Å². The van der Waals surface area contributed by atoms with Gasteiger partial charge in [-0.1, -0.05) is 24.3 Å². The standard InChI is InChI=1S/C13H13N5/c1-18-7-6-15-13(18)10-5-3-2-4-9(10)11-8-12(14)17-16-11/h2-8H,1H3,(H3,14,16,17). The predicted molar refractivity (Wildman–Crippen MR) is 70.6 cm³/mol. The summed E-state index contributed by atoms with van der Waals surface area (Å²) in [6, 6.07) is 9.86. The van der Waals surface area contributed by atoms with Gasteiger partial charge in [0.2, 0.25) is 0 Å². The number of hydrogen-bond acceptors (Lipinski definition) is 3.